The fourth-order valence-corrected chi connectivity index (χ4v) is 4.05. The molecule has 2 aromatic carbocycles. The number of halogens is 1. The van der Waals surface area contributed by atoms with Gasteiger partial charge in [-0.25, -0.2) is 9.07 Å². The van der Waals surface area contributed by atoms with Crippen LogP contribution in [0.25, 0.3) is 5.69 Å². The number of carbonyl (C=O) groups excluding carboxylic acids is 1. The Morgan fingerprint density at radius 1 is 1.07 bits per heavy atom. The fourth-order valence-electron chi connectivity index (χ4n) is 4.05. The number of ether oxygens (including phenoxy) is 2. The molecule has 148 valence electrons. The van der Waals surface area contributed by atoms with Gasteiger partial charge in [-0.1, -0.05) is 24.3 Å². The summed E-state index contributed by atoms with van der Waals surface area (Å²) in [5.41, 5.74) is 1.57. The molecule has 7 heteroatoms. The molecule has 3 aromatic rings. The van der Waals surface area contributed by atoms with Crippen molar-refractivity contribution in [3.05, 3.63) is 71.8 Å². The Morgan fingerprint density at radius 2 is 1.93 bits per heavy atom. The van der Waals surface area contributed by atoms with Crippen molar-refractivity contribution in [1.82, 2.24) is 14.7 Å². The number of likely N-dealkylation sites (tertiary alicyclic amines) is 1. The number of benzene rings is 2. The van der Waals surface area contributed by atoms with E-state index in [4.69, 9.17) is 9.47 Å². The van der Waals surface area contributed by atoms with E-state index in [-0.39, 0.29) is 17.8 Å². The highest BCUT2D eigenvalue weighted by molar-refractivity contribution is 5.92. The molecule has 3 heterocycles. The Morgan fingerprint density at radius 3 is 2.83 bits per heavy atom. The SMILES string of the molecule is O=C(c1ccn(-c2ccccc2F)n1)N1CCCC1c1cccc2c1OCCO2. The molecule has 1 atom stereocenters. The minimum absolute atomic E-state index is 0.0993. The Hall–Kier alpha value is -3.35. The van der Waals surface area contributed by atoms with Gasteiger partial charge in [-0.05, 0) is 37.1 Å². The van der Waals surface area contributed by atoms with Gasteiger partial charge in [0.05, 0.1) is 6.04 Å². The number of fused-ring (bicyclic) bond motifs is 1. The molecule has 0 bridgehead atoms. The van der Waals surface area contributed by atoms with Gasteiger partial charge in [-0.3, -0.25) is 4.79 Å². The highest BCUT2D eigenvalue weighted by atomic mass is 19.1. The number of amides is 1. The minimum atomic E-state index is -0.387. The third-order valence-corrected chi connectivity index (χ3v) is 5.38. The van der Waals surface area contributed by atoms with Crippen LogP contribution in [0, 0.1) is 5.82 Å². The van der Waals surface area contributed by atoms with Gasteiger partial charge < -0.3 is 14.4 Å². The van der Waals surface area contributed by atoms with E-state index >= 15 is 0 Å². The fraction of sp³-hybridized carbons (Fsp3) is 0.273. The maximum absolute atomic E-state index is 14.0. The van der Waals surface area contributed by atoms with Gasteiger partial charge in [0.15, 0.2) is 17.2 Å². The number of aromatic nitrogens is 2. The van der Waals surface area contributed by atoms with E-state index in [9.17, 15) is 9.18 Å². The highest BCUT2D eigenvalue weighted by Crippen LogP contribution is 2.43. The van der Waals surface area contributed by atoms with Gasteiger partial charge >= 0.3 is 0 Å². The zero-order chi connectivity index (χ0) is 19.8. The van der Waals surface area contributed by atoms with Crippen LogP contribution < -0.4 is 9.47 Å². The van der Waals surface area contributed by atoms with Crippen molar-refractivity contribution in [1.29, 1.82) is 0 Å². The van der Waals surface area contributed by atoms with Crippen molar-refractivity contribution in [2.45, 2.75) is 18.9 Å². The number of para-hydroxylation sites is 2. The molecule has 0 spiro atoms. The summed E-state index contributed by atoms with van der Waals surface area (Å²) in [5.74, 6) is 0.885. The zero-order valence-corrected chi connectivity index (χ0v) is 15.8. The van der Waals surface area contributed by atoms with Crippen molar-refractivity contribution in [2.24, 2.45) is 0 Å². The van der Waals surface area contributed by atoms with E-state index in [1.165, 1.54) is 10.7 Å². The van der Waals surface area contributed by atoms with Crippen molar-refractivity contribution >= 4 is 5.91 Å². The van der Waals surface area contributed by atoms with E-state index in [0.717, 1.165) is 29.9 Å². The first-order valence-corrected chi connectivity index (χ1v) is 9.72. The number of hydrogen-bond acceptors (Lipinski definition) is 4. The largest absolute Gasteiger partial charge is 0.486 e. The summed E-state index contributed by atoms with van der Waals surface area (Å²) in [7, 11) is 0. The van der Waals surface area contributed by atoms with Gasteiger partial charge in [-0.2, -0.15) is 5.10 Å². The van der Waals surface area contributed by atoms with Crippen LogP contribution in [0.1, 0.15) is 34.9 Å². The summed E-state index contributed by atoms with van der Waals surface area (Å²) in [5, 5.41) is 4.33. The van der Waals surface area contributed by atoms with Gasteiger partial charge in [0, 0.05) is 18.3 Å². The molecule has 2 aliphatic rings. The van der Waals surface area contributed by atoms with E-state index in [1.54, 1.807) is 30.5 Å². The Bertz CT molecular complexity index is 1060. The van der Waals surface area contributed by atoms with Crippen molar-refractivity contribution in [3.63, 3.8) is 0 Å². The quantitative estimate of drug-likeness (QED) is 0.680. The van der Waals surface area contributed by atoms with Crippen LogP contribution in [0.15, 0.2) is 54.7 Å². The smallest absolute Gasteiger partial charge is 0.274 e. The lowest BCUT2D eigenvalue weighted by molar-refractivity contribution is 0.0724. The van der Waals surface area contributed by atoms with E-state index in [1.807, 2.05) is 23.1 Å². The van der Waals surface area contributed by atoms with E-state index < -0.39 is 0 Å². The topological polar surface area (TPSA) is 56.6 Å². The molecule has 5 rings (SSSR count). The maximum atomic E-state index is 14.0. The minimum Gasteiger partial charge on any atom is -0.486 e. The van der Waals surface area contributed by atoms with Gasteiger partial charge in [0.2, 0.25) is 0 Å². The predicted octanol–water partition coefficient (Wildman–Crippen LogP) is 3.76. The van der Waals surface area contributed by atoms with Crippen molar-refractivity contribution < 1.29 is 18.7 Å². The molecule has 6 nitrogen and oxygen atoms in total. The van der Waals surface area contributed by atoms with Crippen LogP contribution in [0.4, 0.5) is 4.39 Å². The van der Waals surface area contributed by atoms with E-state index in [2.05, 4.69) is 5.10 Å². The highest BCUT2D eigenvalue weighted by Gasteiger charge is 2.34. The predicted molar refractivity (Wildman–Crippen MR) is 104 cm³/mol. The molecular weight excluding hydrogens is 373 g/mol. The molecule has 1 fully saturated rings. The number of nitrogens with zero attached hydrogens (tertiary/aromatic N) is 3. The second kappa shape index (κ2) is 7.24. The second-order valence-electron chi connectivity index (χ2n) is 7.12. The standard InChI is InChI=1S/C22H20FN3O3/c23-16-6-1-2-7-19(16)26-12-10-17(24-26)22(27)25-11-4-8-18(25)15-5-3-9-20-21(15)29-14-13-28-20/h1-3,5-7,9-10,12,18H,4,8,11,13-14H2. The van der Waals surface area contributed by atoms with Crippen molar-refractivity contribution in [3.8, 4) is 17.2 Å². The van der Waals surface area contributed by atoms with Crippen LogP contribution in [0.5, 0.6) is 11.5 Å². The first-order valence-electron chi connectivity index (χ1n) is 9.72. The van der Waals surface area contributed by atoms with Gasteiger partial charge in [0.1, 0.15) is 24.7 Å². The Labute approximate surface area is 167 Å². The lowest BCUT2D eigenvalue weighted by Gasteiger charge is -2.28. The lowest BCUT2D eigenvalue weighted by Crippen LogP contribution is -2.31. The Kier molecular flexibility index (Phi) is 4.42. The van der Waals surface area contributed by atoms with Crippen LogP contribution in [0.3, 0.4) is 0 Å². The van der Waals surface area contributed by atoms with Crippen LogP contribution in [-0.2, 0) is 0 Å². The number of hydrogen-bond donors (Lipinski definition) is 0. The molecule has 2 aliphatic heterocycles. The summed E-state index contributed by atoms with van der Waals surface area (Å²) in [6.45, 7) is 1.66. The third kappa shape index (κ3) is 3.12. The zero-order valence-electron chi connectivity index (χ0n) is 15.8. The lowest BCUT2D eigenvalue weighted by atomic mass is 10.0. The molecule has 0 aliphatic carbocycles. The normalized spacial score (nSPS) is 18.1. The second-order valence-corrected chi connectivity index (χ2v) is 7.12. The average molecular weight is 393 g/mol. The summed E-state index contributed by atoms with van der Waals surface area (Å²) >= 11 is 0. The van der Waals surface area contributed by atoms with Gasteiger partial charge in [0.25, 0.3) is 5.91 Å². The first kappa shape index (κ1) is 17.7. The summed E-state index contributed by atoms with van der Waals surface area (Å²) < 4.78 is 27.0. The average Bonchev–Trinajstić information content (AvgIpc) is 3.43. The molecule has 0 saturated carbocycles. The molecule has 1 aromatic heterocycles. The van der Waals surface area contributed by atoms with E-state index in [0.29, 0.717) is 31.1 Å². The van der Waals surface area contributed by atoms with Gasteiger partial charge in [-0.15, -0.1) is 0 Å². The molecule has 0 N–H and O–H groups in total. The van der Waals surface area contributed by atoms with Crippen molar-refractivity contribution in [2.75, 3.05) is 19.8 Å². The Balaban J connectivity index is 1.44. The molecular formula is C22H20FN3O3. The van der Waals surface area contributed by atoms with Crippen LogP contribution in [-0.4, -0.2) is 40.3 Å². The monoisotopic (exact) mass is 393 g/mol. The molecule has 1 amide bonds. The van der Waals surface area contributed by atoms with Crippen LogP contribution >= 0.6 is 0 Å². The molecule has 1 saturated heterocycles. The maximum Gasteiger partial charge on any atom is 0.274 e. The molecule has 29 heavy (non-hydrogen) atoms. The molecule has 1 unspecified atom stereocenters. The molecule has 0 radical (unpaired) electrons. The first-order chi connectivity index (χ1) is 14.2. The summed E-state index contributed by atoms with van der Waals surface area (Å²) in [6.07, 6.45) is 3.35. The summed E-state index contributed by atoms with van der Waals surface area (Å²) in [4.78, 5) is 15.0. The third-order valence-electron chi connectivity index (χ3n) is 5.38. The number of carbonyl (C=O) groups is 1. The summed E-state index contributed by atoms with van der Waals surface area (Å²) in [6, 6.07) is 13.7. The van der Waals surface area contributed by atoms with Crippen LogP contribution in [0.2, 0.25) is 0 Å². The number of rotatable bonds is 3.